The highest BCUT2D eigenvalue weighted by Crippen LogP contribution is 2.10. The molecule has 7 nitrogen and oxygen atoms in total. The van der Waals surface area contributed by atoms with Crippen LogP contribution in [0.4, 0.5) is 0 Å². The fraction of sp³-hybridized carbons (Fsp3) is 0.250. The summed E-state index contributed by atoms with van der Waals surface area (Å²) in [5.41, 5.74) is 0.630. The van der Waals surface area contributed by atoms with Crippen molar-refractivity contribution in [1.82, 2.24) is 20.0 Å². The smallest absolute Gasteiger partial charge is 0.276 e. The van der Waals surface area contributed by atoms with E-state index in [9.17, 15) is 9.59 Å². The van der Waals surface area contributed by atoms with E-state index in [1.807, 2.05) is 13.0 Å². The maximum Gasteiger partial charge on any atom is 0.276 e. The zero-order chi connectivity index (χ0) is 16.4. The number of hydrogen-bond donors (Lipinski definition) is 1. The third-order valence-electron chi connectivity index (χ3n) is 3.52. The molecule has 7 heteroatoms. The maximum absolute atomic E-state index is 12.4. The Hall–Kier alpha value is -2.96. The number of fused-ring (bicyclic) bond motifs is 1. The summed E-state index contributed by atoms with van der Waals surface area (Å²) in [5.74, 6) is 0.742. The molecular weight excluding hydrogens is 296 g/mol. The summed E-state index contributed by atoms with van der Waals surface area (Å²) in [6.45, 7) is 4.23. The molecule has 0 aliphatic heterocycles. The average Bonchev–Trinajstić information content (AvgIpc) is 2.98. The van der Waals surface area contributed by atoms with E-state index in [1.165, 1.54) is 0 Å². The van der Waals surface area contributed by atoms with Gasteiger partial charge in [-0.15, -0.1) is 0 Å². The number of aryl methyl sites for hydroxylation is 1. The predicted molar refractivity (Wildman–Crippen MR) is 84.0 cm³/mol. The lowest BCUT2D eigenvalue weighted by molar-refractivity contribution is 0.0738. The zero-order valence-corrected chi connectivity index (χ0v) is 12.9. The Bertz CT molecular complexity index is 913. The van der Waals surface area contributed by atoms with Gasteiger partial charge in [-0.1, -0.05) is 17.3 Å². The predicted octanol–water partition coefficient (Wildman–Crippen LogP) is 1.88. The van der Waals surface area contributed by atoms with Crippen molar-refractivity contribution in [2.24, 2.45) is 0 Å². The molecule has 0 fully saturated rings. The number of H-pyrrole nitrogens is 1. The van der Waals surface area contributed by atoms with Gasteiger partial charge in [0.25, 0.3) is 11.5 Å². The number of benzene rings is 1. The van der Waals surface area contributed by atoms with Crippen LogP contribution in [0.2, 0.25) is 0 Å². The second-order valence-electron chi connectivity index (χ2n) is 5.17. The molecule has 1 amide bonds. The molecule has 23 heavy (non-hydrogen) atoms. The lowest BCUT2D eigenvalue weighted by atomic mass is 10.2. The van der Waals surface area contributed by atoms with Crippen LogP contribution in [0.1, 0.15) is 29.0 Å². The number of nitrogens with zero attached hydrogens (tertiary/aromatic N) is 3. The fourth-order valence-corrected chi connectivity index (χ4v) is 2.35. The molecule has 3 rings (SSSR count). The summed E-state index contributed by atoms with van der Waals surface area (Å²) in [7, 11) is 0. The summed E-state index contributed by atoms with van der Waals surface area (Å²) < 4.78 is 4.94. The topological polar surface area (TPSA) is 92.1 Å². The van der Waals surface area contributed by atoms with Gasteiger partial charge in [-0.2, -0.15) is 0 Å². The number of aromatic amines is 1. The standard InChI is InChI=1S/C16H16N4O3/c1-3-20(16(22)13-8-10(2)23-19-13)9-14-17-12-7-5-4-6-11(12)15(21)18-14/h4-8H,3,9H2,1-2H3,(H,17,18,21). The highest BCUT2D eigenvalue weighted by molar-refractivity contribution is 5.92. The van der Waals surface area contributed by atoms with Crippen LogP contribution in [-0.4, -0.2) is 32.5 Å². The van der Waals surface area contributed by atoms with E-state index in [0.717, 1.165) is 0 Å². The first kappa shape index (κ1) is 15.0. The van der Waals surface area contributed by atoms with Crippen molar-refractivity contribution < 1.29 is 9.32 Å². The van der Waals surface area contributed by atoms with Gasteiger partial charge in [-0.25, -0.2) is 4.98 Å². The quantitative estimate of drug-likeness (QED) is 0.794. The molecule has 3 aromatic rings. The molecule has 1 N–H and O–H groups in total. The SMILES string of the molecule is CCN(Cc1nc2ccccc2c(=O)[nH]1)C(=O)c1cc(C)on1. The summed E-state index contributed by atoms with van der Waals surface area (Å²) >= 11 is 0. The van der Waals surface area contributed by atoms with Crippen molar-refractivity contribution in [2.75, 3.05) is 6.54 Å². The highest BCUT2D eigenvalue weighted by Gasteiger charge is 2.19. The monoisotopic (exact) mass is 312 g/mol. The van der Waals surface area contributed by atoms with Gasteiger partial charge in [-0.05, 0) is 26.0 Å². The van der Waals surface area contributed by atoms with E-state index in [4.69, 9.17) is 4.52 Å². The van der Waals surface area contributed by atoms with E-state index in [2.05, 4.69) is 15.1 Å². The van der Waals surface area contributed by atoms with E-state index >= 15 is 0 Å². The number of nitrogens with one attached hydrogen (secondary N) is 1. The number of amides is 1. The Kier molecular flexibility index (Phi) is 3.92. The van der Waals surface area contributed by atoms with E-state index in [0.29, 0.717) is 29.0 Å². The first-order chi connectivity index (χ1) is 11.1. The van der Waals surface area contributed by atoms with Crippen molar-refractivity contribution in [3.8, 4) is 0 Å². The van der Waals surface area contributed by atoms with Crippen molar-refractivity contribution in [1.29, 1.82) is 0 Å². The second kappa shape index (κ2) is 6.04. The molecule has 0 radical (unpaired) electrons. The number of carbonyl (C=O) groups excluding carboxylic acids is 1. The first-order valence-electron chi connectivity index (χ1n) is 7.29. The van der Waals surface area contributed by atoms with Gasteiger partial charge < -0.3 is 14.4 Å². The van der Waals surface area contributed by atoms with Crippen LogP contribution in [0.5, 0.6) is 0 Å². The lowest BCUT2D eigenvalue weighted by Gasteiger charge is -2.18. The molecule has 1 aromatic carbocycles. The first-order valence-corrected chi connectivity index (χ1v) is 7.29. The van der Waals surface area contributed by atoms with Crippen molar-refractivity contribution in [2.45, 2.75) is 20.4 Å². The molecular formula is C16H16N4O3. The van der Waals surface area contributed by atoms with Crippen LogP contribution < -0.4 is 5.56 Å². The summed E-state index contributed by atoms with van der Waals surface area (Å²) in [6, 6.07) is 8.67. The Balaban J connectivity index is 1.90. The molecule has 118 valence electrons. The minimum atomic E-state index is -0.264. The Morgan fingerprint density at radius 2 is 2.13 bits per heavy atom. The number of aromatic nitrogens is 3. The fourth-order valence-electron chi connectivity index (χ4n) is 2.35. The third-order valence-corrected chi connectivity index (χ3v) is 3.52. The van der Waals surface area contributed by atoms with Crippen LogP contribution in [0, 0.1) is 6.92 Å². The number of rotatable bonds is 4. The van der Waals surface area contributed by atoms with Crippen molar-refractivity contribution >= 4 is 16.8 Å². The summed E-state index contributed by atoms with van der Waals surface area (Å²) in [6.07, 6.45) is 0. The molecule has 0 aliphatic carbocycles. The number of para-hydroxylation sites is 1. The molecule has 0 aliphatic rings. The molecule has 0 bridgehead atoms. The van der Waals surface area contributed by atoms with Gasteiger partial charge in [0.2, 0.25) is 0 Å². The second-order valence-corrected chi connectivity index (χ2v) is 5.17. The van der Waals surface area contributed by atoms with Crippen LogP contribution >= 0.6 is 0 Å². The van der Waals surface area contributed by atoms with Crippen LogP contribution in [0.25, 0.3) is 10.9 Å². The number of hydrogen-bond acceptors (Lipinski definition) is 5. The average molecular weight is 312 g/mol. The molecule has 2 aromatic heterocycles. The Morgan fingerprint density at radius 1 is 1.35 bits per heavy atom. The van der Waals surface area contributed by atoms with Crippen LogP contribution in [0.15, 0.2) is 39.6 Å². The highest BCUT2D eigenvalue weighted by atomic mass is 16.5. The minimum Gasteiger partial charge on any atom is -0.361 e. The zero-order valence-electron chi connectivity index (χ0n) is 12.9. The maximum atomic E-state index is 12.4. The van der Waals surface area contributed by atoms with E-state index < -0.39 is 0 Å². The van der Waals surface area contributed by atoms with Gasteiger partial charge in [0.1, 0.15) is 11.6 Å². The van der Waals surface area contributed by atoms with Crippen molar-refractivity contribution in [3.05, 3.63) is 58.0 Å². The molecule has 0 saturated carbocycles. The summed E-state index contributed by atoms with van der Waals surface area (Å²) in [5, 5.41) is 4.26. The van der Waals surface area contributed by atoms with Crippen LogP contribution in [-0.2, 0) is 6.54 Å². The Labute approximate surface area is 131 Å². The molecule has 0 atom stereocenters. The molecule has 0 spiro atoms. The van der Waals surface area contributed by atoms with Crippen molar-refractivity contribution in [3.63, 3.8) is 0 Å². The van der Waals surface area contributed by atoms with E-state index in [1.54, 1.807) is 36.1 Å². The van der Waals surface area contributed by atoms with E-state index in [-0.39, 0.29) is 23.7 Å². The Morgan fingerprint density at radius 3 is 2.83 bits per heavy atom. The van der Waals surface area contributed by atoms with Gasteiger partial charge in [0.05, 0.1) is 17.4 Å². The largest absolute Gasteiger partial charge is 0.361 e. The van der Waals surface area contributed by atoms with Gasteiger partial charge in [0, 0.05) is 12.6 Å². The van der Waals surface area contributed by atoms with Gasteiger partial charge in [-0.3, -0.25) is 9.59 Å². The van der Waals surface area contributed by atoms with Gasteiger partial charge in [0.15, 0.2) is 5.69 Å². The van der Waals surface area contributed by atoms with Crippen LogP contribution in [0.3, 0.4) is 0 Å². The molecule has 0 saturated heterocycles. The third kappa shape index (κ3) is 2.98. The normalized spacial score (nSPS) is 10.9. The van der Waals surface area contributed by atoms with Gasteiger partial charge >= 0.3 is 0 Å². The lowest BCUT2D eigenvalue weighted by Crippen LogP contribution is -2.32. The summed E-state index contributed by atoms with van der Waals surface area (Å²) in [4.78, 5) is 33.2. The molecule has 0 unspecified atom stereocenters. The minimum absolute atomic E-state index is 0.196. The molecule has 2 heterocycles. The number of carbonyl (C=O) groups is 1.